The molecule has 0 spiro atoms. The van der Waals surface area contributed by atoms with Gasteiger partial charge in [0, 0.05) is 10.9 Å². The topological polar surface area (TPSA) is 41.1 Å². The summed E-state index contributed by atoms with van der Waals surface area (Å²) in [4.78, 5) is 11.7. The zero-order valence-electron chi connectivity index (χ0n) is 10.4. The Hall–Kier alpha value is -0.650. The fraction of sp³-hybridized carbons (Fsp3) is 0.462. The van der Waals surface area contributed by atoms with Crippen LogP contribution in [0, 0.1) is 11.7 Å². The Labute approximate surface area is 126 Å². The van der Waals surface area contributed by atoms with Gasteiger partial charge in [-0.15, -0.1) is 12.4 Å². The molecule has 1 fully saturated rings. The van der Waals surface area contributed by atoms with E-state index in [4.69, 9.17) is 0 Å². The summed E-state index contributed by atoms with van der Waals surface area (Å²) < 4.78 is 14.2. The van der Waals surface area contributed by atoms with Crippen molar-refractivity contribution in [1.82, 2.24) is 5.32 Å². The maximum Gasteiger partial charge on any atom is 0.224 e. The van der Waals surface area contributed by atoms with Gasteiger partial charge in [0.15, 0.2) is 0 Å². The summed E-state index contributed by atoms with van der Waals surface area (Å²) in [7, 11) is 0. The van der Waals surface area contributed by atoms with Crippen LogP contribution in [0.4, 0.5) is 10.1 Å². The fourth-order valence-electron chi connectivity index (χ4n) is 2.10. The number of anilines is 1. The minimum atomic E-state index is -0.408. The second kappa shape index (κ2) is 7.82. The van der Waals surface area contributed by atoms with E-state index in [2.05, 4.69) is 26.6 Å². The van der Waals surface area contributed by atoms with Crippen LogP contribution in [0.25, 0.3) is 0 Å². The lowest BCUT2D eigenvalue weighted by molar-refractivity contribution is -0.116. The van der Waals surface area contributed by atoms with Gasteiger partial charge in [-0.2, -0.15) is 0 Å². The zero-order valence-corrected chi connectivity index (χ0v) is 12.8. The first-order valence-corrected chi connectivity index (χ1v) is 6.90. The van der Waals surface area contributed by atoms with Crippen LogP contribution in [0.1, 0.15) is 19.3 Å². The third-order valence-corrected chi connectivity index (χ3v) is 3.64. The number of rotatable bonds is 4. The van der Waals surface area contributed by atoms with Crippen LogP contribution in [0.2, 0.25) is 0 Å². The zero-order chi connectivity index (χ0) is 13.0. The minimum absolute atomic E-state index is 0. The van der Waals surface area contributed by atoms with E-state index in [-0.39, 0.29) is 24.0 Å². The molecule has 1 aliphatic rings. The molecule has 1 saturated heterocycles. The standard InChI is InChI=1S/C13H16BrFN2O.ClH/c14-10-2-3-11(15)12(7-10)17-13(18)4-1-9-5-6-16-8-9;/h2-3,7,9,16H,1,4-6,8H2,(H,17,18);1H. The third kappa shape index (κ3) is 5.09. The maximum atomic E-state index is 13.4. The number of carbonyl (C=O) groups excluding carboxylic acids is 1. The molecule has 6 heteroatoms. The van der Waals surface area contributed by atoms with Crippen LogP contribution in [-0.2, 0) is 4.79 Å². The fourth-order valence-corrected chi connectivity index (χ4v) is 2.46. The molecule has 1 unspecified atom stereocenters. The molecule has 0 saturated carbocycles. The Kier molecular flexibility index (Phi) is 6.75. The molecule has 3 nitrogen and oxygen atoms in total. The van der Waals surface area contributed by atoms with E-state index in [1.807, 2.05) is 0 Å². The van der Waals surface area contributed by atoms with Crippen LogP contribution in [-0.4, -0.2) is 19.0 Å². The van der Waals surface area contributed by atoms with E-state index < -0.39 is 5.82 Å². The predicted molar refractivity (Wildman–Crippen MR) is 80.2 cm³/mol. The van der Waals surface area contributed by atoms with Gasteiger partial charge in [0.25, 0.3) is 0 Å². The summed E-state index contributed by atoms with van der Waals surface area (Å²) in [6.45, 7) is 2.02. The van der Waals surface area contributed by atoms with Gasteiger partial charge < -0.3 is 10.6 Å². The number of nitrogens with one attached hydrogen (secondary N) is 2. The van der Waals surface area contributed by atoms with E-state index >= 15 is 0 Å². The Morgan fingerprint density at radius 1 is 1.53 bits per heavy atom. The smallest absolute Gasteiger partial charge is 0.224 e. The maximum absolute atomic E-state index is 13.4. The van der Waals surface area contributed by atoms with Gasteiger partial charge in [-0.3, -0.25) is 4.79 Å². The van der Waals surface area contributed by atoms with Crippen LogP contribution in [0.3, 0.4) is 0 Å². The van der Waals surface area contributed by atoms with Crippen LogP contribution in [0.5, 0.6) is 0 Å². The van der Waals surface area contributed by atoms with Crippen molar-refractivity contribution in [2.75, 3.05) is 18.4 Å². The molecule has 2 rings (SSSR count). The molecule has 1 amide bonds. The largest absolute Gasteiger partial charge is 0.324 e. The van der Waals surface area contributed by atoms with Crippen molar-refractivity contribution < 1.29 is 9.18 Å². The molecule has 0 radical (unpaired) electrons. The summed E-state index contributed by atoms with van der Waals surface area (Å²) in [6.07, 6.45) is 2.42. The lowest BCUT2D eigenvalue weighted by Crippen LogP contribution is -2.15. The third-order valence-electron chi connectivity index (χ3n) is 3.14. The lowest BCUT2D eigenvalue weighted by Gasteiger charge is -2.09. The van der Waals surface area contributed by atoms with Crippen molar-refractivity contribution in [2.24, 2.45) is 5.92 Å². The molecule has 0 aromatic heterocycles. The van der Waals surface area contributed by atoms with Crippen molar-refractivity contribution >= 4 is 39.9 Å². The summed E-state index contributed by atoms with van der Waals surface area (Å²) in [5.41, 5.74) is 0.235. The quantitative estimate of drug-likeness (QED) is 0.873. The van der Waals surface area contributed by atoms with Crippen molar-refractivity contribution in [3.63, 3.8) is 0 Å². The molecule has 1 heterocycles. The number of hydrogen-bond acceptors (Lipinski definition) is 2. The van der Waals surface area contributed by atoms with Crippen LogP contribution >= 0.6 is 28.3 Å². The highest BCUT2D eigenvalue weighted by Crippen LogP contribution is 2.21. The van der Waals surface area contributed by atoms with Gasteiger partial charge in [-0.05, 0) is 50.0 Å². The molecule has 19 heavy (non-hydrogen) atoms. The highest BCUT2D eigenvalue weighted by Gasteiger charge is 2.16. The molecular formula is C13H17BrClFN2O. The Bertz CT molecular complexity index is 439. The number of benzene rings is 1. The van der Waals surface area contributed by atoms with Crippen molar-refractivity contribution in [3.8, 4) is 0 Å². The van der Waals surface area contributed by atoms with Gasteiger partial charge in [0.2, 0.25) is 5.91 Å². The monoisotopic (exact) mass is 350 g/mol. The summed E-state index contributed by atoms with van der Waals surface area (Å²) in [5, 5.41) is 5.88. The average Bonchev–Trinajstić information content (AvgIpc) is 2.84. The van der Waals surface area contributed by atoms with E-state index in [0.29, 0.717) is 12.3 Å². The molecule has 1 atom stereocenters. The Balaban J connectivity index is 0.00000180. The summed E-state index contributed by atoms with van der Waals surface area (Å²) in [6, 6.07) is 4.51. The highest BCUT2D eigenvalue weighted by molar-refractivity contribution is 9.10. The van der Waals surface area contributed by atoms with E-state index in [1.54, 1.807) is 12.1 Å². The van der Waals surface area contributed by atoms with E-state index in [1.165, 1.54) is 6.07 Å². The first-order chi connectivity index (χ1) is 8.65. The summed E-state index contributed by atoms with van der Waals surface area (Å²) >= 11 is 3.25. The number of amides is 1. The van der Waals surface area contributed by atoms with Gasteiger partial charge >= 0.3 is 0 Å². The molecule has 2 N–H and O–H groups in total. The van der Waals surface area contributed by atoms with Crippen LogP contribution in [0.15, 0.2) is 22.7 Å². The molecule has 106 valence electrons. The molecule has 1 aromatic rings. The molecule has 0 bridgehead atoms. The lowest BCUT2D eigenvalue weighted by atomic mass is 10.0. The molecular weight excluding hydrogens is 335 g/mol. The second-order valence-electron chi connectivity index (χ2n) is 4.57. The number of carbonyl (C=O) groups is 1. The van der Waals surface area contributed by atoms with Gasteiger partial charge in [0.1, 0.15) is 5.82 Å². The second-order valence-corrected chi connectivity index (χ2v) is 5.49. The SMILES string of the molecule is Cl.O=C(CCC1CCNC1)Nc1cc(Br)ccc1F. The first-order valence-electron chi connectivity index (χ1n) is 6.11. The van der Waals surface area contributed by atoms with Crippen molar-refractivity contribution in [3.05, 3.63) is 28.5 Å². The Morgan fingerprint density at radius 3 is 3.00 bits per heavy atom. The molecule has 1 aromatic carbocycles. The van der Waals surface area contributed by atoms with Gasteiger partial charge in [0.05, 0.1) is 5.69 Å². The van der Waals surface area contributed by atoms with Crippen molar-refractivity contribution in [2.45, 2.75) is 19.3 Å². The molecule has 0 aliphatic carbocycles. The van der Waals surface area contributed by atoms with Gasteiger partial charge in [-0.1, -0.05) is 15.9 Å². The number of hydrogen-bond donors (Lipinski definition) is 2. The predicted octanol–water partition coefficient (Wildman–Crippen LogP) is 3.34. The van der Waals surface area contributed by atoms with Gasteiger partial charge in [-0.25, -0.2) is 4.39 Å². The Morgan fingerprint density at radius 2 is 2.32 bits per heavy atom. The summed E-state index contributed by atoms with van der Waals surface area (Å²) in [5.74, 6) is 0.0380. The van der Waals surface area contributed by atoms with E-state index in [9.17, 15) is 9.18 Å². The first kappa shape index (κ1) is 16.4. The number of halogens is 3. The van der Waals surface area contributed by atoms with Crippen LogP contribution < -0.4 is 10.6 Å². The van der Waals surface area contributed by atoms with Crippen molar-refractivity contribution in [1.29, 1.82) is 0 Å². The highest BCUT2D eigenvalue weighted by atomic mass is 79.9. The average molecular weight is 352 g/mol. The normalized spacial score (nSPS) is 17.9. The molecule has 1 aliphatic heterocycles. The minimum Gasteiger partial charge on any atom is -0.324 e. The van der Waals surface area contributed by atoms with E-state index in [0.717, 1.165) is 30.4 Å².